The Balaban J connectivity index is 1.42. The SMILES string of the molecule is O=C(Nc1ccc2c(c1)C(F)(F)OC(F)(F)O2)N1CCN(c2c(Cl)cncc2Cl)CC1. The molecular formula is C18H14Cl2F4N4O3. The molecule has 1 fully saturated rings. The number of halogens is 6. The number of pyridine rings is 1. The van der Waals surface area contributed by atoms with Gasteiger partial charge in [-0.2, -0.15) is 8.78 Å². The zero-order valence-electron chi connectivity index (χ0n) is 15.5. The molecular weight excluding hydrogens is 467 g/mol. The summed E-state index contributed by atoms with van der Waals surface area (Å²) >= 11 is 12.3. The number of alkyl halides is 4. The van der Waals surface area contributed by atoms with Crippen molar-refractivity contribution in [1.82, 2.24) is 9.88 Å². The summed E-state index contributed by atoms with van der Waals surface area (Å²) in [6.07, 6.45) is -5.80. The van der Waals surface area contributed by atoms with Crippen molar-refractivity contribution >= 4 is 40.6 Å². The monoisotopic (exact) mass is 480 g/mol. The molecule has 0 aliphatic carbocycles. The number of piperazine rings is 1. The van der Waals surface area contributed by atoms with Crippen LogP contribution in [0, 0.1) is 0 Å². The van der Waals surface area contributed by atoms with E-state index < -0.39 is 29.7 Å². The third-order valence-electron chi connectivity index (χ3n) is 4.73. The summed E-state index contributed by atoms with van der Waals surface area (Å²) in [6.45, 7) is 1.46. The molecule has 2 aromatic rings. The molecule has 2 aliphatic rings. The normalized spacial score (nSPS) is 19.4. The lowest BCUT2D eigenvalue weighted by molar-refractivity contribution is -0.461. The lowest BCUT2D eigenvalue weighted by atomic mass is 10.1. The van der Waals surface area contributed by atoms with Crippen LogP contribution in [0.5, 0.6) is 5.75 Å². The van der Waals surface area contributed by atoms with Crippen LogP contribution in [0.15, 0.2) is 30.6 Å². The van der Waals surface area contributed by atoms with E-state index in [-0.39, 0.29) is 5.69 Å². The van der Waals surface area contributed by atoms with Crippen molar-refractivity contribution in [3.63, 3.8) is 0 Å². The molecule has 7 nitrogen and oxygen atoms in total. The molecule has 2 aliphatic heterocycles. The van der Waals surface area contributed by atoms with Crippen LogP contribution in [0.25, 0.3) is 0 Å². The van der Waals surface area contributed by atoms with E-state index in [0.717, 1.165) is 12.1 Å². The molecule has 0 radical (unpaired) electrons. The average Bonchev–Trinajstić information content (AvgIpc) is 2.67. The second kappa shape index (κ2) is 7.88. The molecule has 166 valence electrons. The van der Waals surface area contributed by atoms with E-state index in [0.29, 0.717) is 41.9 Å². The number of carbonyl (C=O) groups is 1. The molecule has 1 N–H and O–H groups in total. The van der Waals surface area contributed by atoms with Gasteiger partial charge in [-0.15, -0.1) is 8.78 Å². The molecule has 2 amide bonds. The first kappa shape index (κ1) is 21.7. The van der Waals surface area contributed by atoms with Gasteiger partial charge in [0.1, 0.15) is 5.75 Å². The highest BCUT2D eigenvalue weighted by Gasteiger charge is 2.54. The van der Waals surface area contributed by atoms with Crippen LogP contribution in [0.2, 0.25) is 10.0 Å². The summed E-state index contributed by atoms with van der Waals surface area (Å²) in [4.78, 5) is 19.8. The predicted molar refractivity (Wildman–Crippen MR) is 104 cm³/mol. The van der Waals surface area contributed by atoms with Gasteiger partial charge in [0.2, 0.25) is 0 Å². The summed E-state index contributed by atoms with van der Waals surface area (Å²) in [5, 5.41) is 3.24. The standard InChI is InChI=1S/C18H14Cl2F4N4O3/c19-12-8-25-9-13(20)15(12)27-3-5-28(6-4-27)16(29)26-10-1-2-14-11(7-10)17(21,22)31-18(23,24)30-14/h1-2,7-9H,3-6H2,(H,26,29). The van der Waals surface area contributed by atoms with Gasteiger partial charge in [0.15, 0.2) is 0 Å². The van der Waals surface area contributed by atoms with Crippen LogP contribution in [0.4, 0.5) is 33.7 Å². The highest BCUT2D eigenvalue weighted by molar-refractivity contribution is 6.38. The smallest absolute Gasteiger partial charge is 0.409 e. The highest BCUT2D eigenvalue weighted by atomic mass is 35.5. The second-order valence-corrected chi connectivity index (χ2v) is 7.57. The Hall–Kier alpha value is -2.50. The highest BCUT2D eigenvalue weighted by Crippen LogP contribution is 2.46. The first-order valence-corrected chi connectivity index (χ1v) is 9.70. The minimum absolute atomic E-state index is 0.0245. The zero-order valence-corrected chi connectivity index (χ0v) is 17.1. The maximum Gasteiger partial charge on any atom is 0.540 e. The Bertz CT molecular complexity index is 999. The lowest BCUT2D eigenvalue weighted by Crippen LogP contribution is -2.50. The number of hydrogen-bond donors (Lipinski definition) is 1. The van der Waals surface area contributed by atoms with Gasteiger partial charge in [-0.25, -0.2) is 9.53 Å². The van der Waals surface area contributed by atoms with E-state index in [1.54, 1.807) is 0 Å². The van der Waals surface area contributed by atoms with Crippen molar-refractivity contribution in [3.8, 4) is 5.75 Å². The number of anilines is 2. The topological polar surface area (TPSA) is 66.9 Å². The van der Waals surface area contributed by atoms with Crippen LogP contribution in [-0.2, 0) is 10.8 Å². The molecule has 0 spiro atoms. The van der Waals surface area contributed by atoms with Crippen molar-refractivity contribution in [3.05, 3.63) is 46.2 Å². The van der Waals surface area contributed by atoms with E-state index >= 15 is 0 Å². The van der Waals surface area contributed by atoms with Gasteiger partial charge in [0.05, 0.1) is 21.3 Å². The summed E-state index contributed by atoms with van der Waals surface area (Å²) < 4.78 is 61.5. The van der Waals surface area contributed by atoms with Gasteiger partial charge in [-0.1, -0.05) is 23.2 Å². The Kier molecular flexibility index (Phi) is 5.52. The lowest BCUT2D eigenvalue weighted by Gasteiger charge is -2.36. The molecule has 0 unspecified atom stereocenters. The number of nitrogens with zero attached hydrogens (tertiary/aromatic N) is 3. The number of carbonyl (C=O) groups excluding carboxylic acids is 1. The molecule has 0 atom stereocenters. The van der Waals surface area contributed by atoms with Gasteiger partial charge < -0.3 is 19.9 Å². The molecule has 13 heteroatoms. The van der Waals surface area contributed by atoms with Crippen molar-refractivity contribution in [1.29, 1.82) is 0 Å². The first-order chi connectivity index (χ1) is 14.6. The third kappa shape index (κ3) is 4.43. The fraction of sp³-hybridized carbons (Fsp3) is 0.333. The second-order valence-electron chi connectivity index (χ2n) is 6.75. The predicted octanol–water partition coefficient (Wildman–Crippen LogP) is 4.75. The van der Waals surface area contributed by atoms with E-state index in [9.17, 15) is 22.4 Å². The molecule has 31 heavy (non-hydrogen) atoms. The van der Waals surface area contributed by atoms with E-state index in [4.69, 9.17) is 23.2 Å². The van der Waals surface area contributed by atoms with Crippen molar-refractivity contribution in [2.45, 2.75) is 12.4 Å². The molecule has 1 aromatic carbocycles. The molecule has 3 heterocycles. The van der Waals surface area contributed by atoms with Gasteiger partial charge in [-0.05, 0) is 18.2 Å². The minimum Gasteiger partial charge on any atom is -0.409 e. The third-order valence-corrected chi connectivity index (χ3v) is 5.28. The summed E-state index contributed by atoms with van der Waals surface area (Å²) in [7, 11) is 0. The number of fused-ring (bicyclic) bond motifs is 1. The van der Waals surface area contributed by atoms with Crippen LogP contribution < -0.4 is 15.0 Å². The number of rotatable bonds is 2. The van der Waals surface area contributed by atoms with Crippen LogP contribution in [-0.4, -0.2) is 48.4 Å². The molecule has 1 saturated heterocycles. The molecule has 1 aromatic heterocycles. The van der Waals surface area contributed by atoms with E-state index in [1.165, 1.54) is 23.4 Å². The Morgan fingerprint density at radius 1 is 1.06 bits per heavy atom. The largest absolute Gasteiger partial charge is 0.540 e. The summed E-state index contributed by atoms with van der Waals surface area (Å²) in [5.74, 6) is -0.737. The van der Waals surface area contributed by atoms with E-state index in [2.05, 4.69) is 19.8 Å². The number of amides is 2. The van der Waals surface area contributed by atoms with Gasteiger partial charge >= 0.3 is 18.4 Å². The first-order valence-electron chi connectivity index (χ1n) is 8.95. The fourth-order valence-corrected chi connectivity index (χ4v) is 3.92. The molecule has 0 bridgehead atoms. The maximum absolute atomic E-state index is 13.9. The van der Waals surface area contributed by atoms with E-state index in [1.807, 2.05) is 4.90 Å². The van der Waals surface area contributed by atoms with Crippen LogP contribution >= 0.6 is 23.2 Å². The number of ether oxygens (including phenoxy) is 2. The number of hydrogen-bond acceptors (Lipinski definition) is 5. The van der Waals surface area contributed by atoms with Crippen LogP contribution in [0.3, 0.4) is 0 Å². The van der Waals surface area contributed by atoms with Gasteiger partial charge in [0.25, 0.3) is 0 Å². The average molecular weight is 481 g/mol. The minimum atomic E-state index is -4.46. The summed E-state index contributed by atoms with van der Waals surface area (Å²) in [6, 6.07) is 2.38. The molecule has 0 saturated carbocycles. The Morgan fingerprint density at radius 3 is 2.35 bits per heavy atom. The van der Waals surface area contributed by atoms with Gasteiger partial charge in [0, 0.05) is 44.3 Å². The maximum atomic E-state index is 13.9. The van der Waals surface area contributed by atoms with Crippen molar-refractivity contribution < 1.29 is 31.8 Å². The fourth-order valence-electron chi connectivity index (χ4n) is 3.32. The van der Waals surface area contributed by atoms with Crippen LogP contribution in [0.1, 0.15) is 5.56 Å². The Labute approximate surface area is 183 Å². The number of nitrogens with one attached hydrogen (secondary N) is 1. The zero-order chi connectivity index (χ0) is 22.4. The molecule has 4 rings (SSSR count). The van der Waals surface area contributed by atoms with Crippen molar-refractivity contribution in [2.75, 3.05) is 36.4 Å². The number of aromatic nitrogens is 1. The Morgan fingerprint density at radius 2 is 1.71 bits per heavy atom. The quantitative estimate of drug-likeness (QED) is 0.628. The number of benzene rings is 1. The van der Waals surface area contributed by atoms with Gasteiger partial charge in [-0.3, -0.25) is 4.98 Å². The van der Waals surface area contributed by atoms with Crippen molar-refractivity contribution in [2.24, 2.45) is 0 Å². The summed E-state index contributed by atoms with van der Waals surface area (Å²) in [5.41, 5.74) is -0.321. The number of urea groups is 1.